The normalized spacial score (nSPS) is 21.1. The van der Waals surface area contributed by atoms with Gasteiger partial charge in [0.15, 0.2) is 5.17 Å². The second kappa shape index (κ2) is 9.53. The van der Waals surface area contributed by atoms with Crippen molar-refractivity contribution < 1.29 is 9.53 Å². The number of thioether (sulfide) groups is 1. The first-order chi connectivity index (χ1) is 15.7. The lowest BCUT2D eigenvalue weighted by atomic mass is 10.0. The van der Waals surface area contributed by atoms with Gasteiger partial charge in [0.05, 0.1) is 23.3 Å². The molecule has 2 N–H and O–H groups in total. The Morgan fingerprint density at radius 1 is 0.938 bits per heavy atom. The van der Waals surface area contributed by atoms with E-state index in [0.29, 0.717) is 10.1 Å². The molecule has 3 aromatic carbocycles. The summed E-state index contributed by atoms with van der Waals surface area (Å²) in [4.78, 5) is 17.6. The van der Waals surface area contributed by atoms with E-state index in [1.165, 1.54) is 17.3 Å². The highest BCUT2D eigenvalue weighted by Crippen LogP contribution is 2.29. The van der Waals surface area contributed by atoms with Crippen molar-refractivity contribution in [3.63, 3.8) is 0 Å². The Hall–Kier alpha value is -3.19. The molecule has 3 aromatic rings. The third-order valence-corrected chi connectivity index (χ3v) is 6.30. The number of carbonyl (C=O) groups excluding carboxylic acids is 1. The summed E-state index contributed by atoms with van der Waals surface area (Å²) in [5, 5.41) is 6.79. The average molecular weight is 442 g/mol. The van der Waals surface area contributed by atoms with Gasteiger partial charge >= 0.3 is 0 Å². The van der Waals surface area contributed by atoms with E-state index in [-0.39, 0.29) is 12.0 Å². The maximum Gasteiger partial charge on any atom is 0.264 e. The number of hydrogen-bond acceptors (Lipinski definition) is 5. The summed E-state index contributed by atoms with van der Waals surface area (Å²) in [6.45, 7) is 2.44. The predicted molar refractivity (Wildman–Crippen MR) is 131 cm³/mol. The summed E-state index contributed by atoms with van der Waals surface area (Å²) >= 11 is 1.36. The number of benzene rings is 3. The molecule has 0 spiro atoms. The van der Waals surface area contributed by atoms with Crippen LogP contribution in [-0.2, 0) is 9.53 Å². The van der Waals surface area contributed by atoms with Gasteiger partial charge in [-0.3, -0.25) is 4.79 Å². The number of hydrogen-bond donors (Lipinski definition) is 2. The molecule has 2 saturated heterocycles. The quantitative estimate of drug-likeness (QED) is 0.565. The van der Waals surface area contributed by atoms with Gasteiger partial charge in [0, 0.05) is 13.1 Å². The van der Waals surface area contributed by atoms with Crippen LogP contribution in [-0.4, -0.2) is 30.8 Å². The molecule has 0 aliphatic carbocycles. The number of rotatable bonds is 4. The fourth-order valence-electron chi connectivity index (χ4n) is 3.69. The first-order valence-electron chi connectivity index (χ1n) is 10.6. The molecule has 1 atom stereocenters. The van der Waals surface area contributed by atoms with Crippen molar-refractivity contribution in [2.75, 3.05) is 19.7 Å². The summed E-state index contributed by atoms with van der Waals surface area (Å²) in [6, 6.07) is 26.4. The van der Waals surface area contributed by atoms with E-state index in [1.807, 2.05) is 60.7 Å². The van der Waals surface area contributed by atoms with Gasteiger partial charge in [0.2, 0.25) is 0 Å². The summed E-state index contributed by atoms with van der Waals surface area (Å²) in [7, 11) is 0. The maximum absolute atomic E-state index is 12.4. The molecule has 0 radical (unpaired) electrons. The lowest BCUT2D eigenvalue weighted by molar-refractivity contribution is -0.115. The number of morpholine rings is 1. The van der Waals surface area contributed by atoms with Crippen LogP contribution in [0.4, 0.5) is 5.69 Å². The summed E-state index contributed by atoms with van der Waals surface area (Å²) in [6.07, 6.45) is 1.97. The molecule has 6 heteroatoms. The highest BCUT2D eigenvalue weighted by molar-refractivity contribution is 8.18. The van der Waals surface area contributed by atoms with Crippen molar-refractivity contribution in [2.24, 2.45) is 4.99 Å². The van der Waals surface area contributed by atoms with Gasteiger partial charge in [-0.2, -0.15) is 0 Å². The Kier molecular flexibility index (Phi) is 6.16. The van der Waals surface area contributed by atoms with E-state index >= 15 is 0 Å². The highest BCUT2D eigenvalue weighted by atomic mass is 32.2. The fourth-order valence-corrected chi connectivity index (χ4v) is 4.54. The van der Waals surface area contributed by atoms with E-state index in [2.05, 4.69) is 39.9 Å². The molecule has 0 bridgehead atoms. The Morgan fingerprint density at radius 3 is 2.41 bits per heavy atom. The molecule has 5 nitrogen and oxygen atoms in total. The van der Waals surface area contributed by atoms with Crippen LogP contribution in [0.1, 0.15) is 17.2 Å². The van der Waals surface area contributed by atoms with Crippen molar-refractivity contribution >= 4 is 34.6 Å². The molecular weight excluding hydrogens is 418 g/mol. The lowest BCUT2D eigenvalue weighted by Gasteiger charge is -2.23. The van der Waals surface area contributed by atoms with E-state index in [0.717, 1.165) is 42.1 Å². The zero-order valence-electron chi connectivity index (χ0n) is 17.5. The van der Waals surface area contributed by atoms with Crippen LogP contribution in [0.25, 0.3) is 17.2 Å². The average Bonchev–Trinajstić information content (AvgIpc) is 3.19. The maximum atomic E-state index is 12.4. The molecule has 1 unspecified atom stereocenters. The number of amides is 1. The number of aliphatic imine (C=N–C) groups is 1. The first kappa shape index (κ1) is 20.7. The second-order valence-corrected chi connectivity index (χ2v) is 8.66. The molecule has 5 rings (SSSR count). The minimum atomic E-state index is -0.126. The number of ether oxygens (including phenoxy) is 1. The Bertz CT molecular complexity index is 1150. The van der Waals surface area contributed by atoms with Crippen molar-refractivity contribution in [3.8, 4) is 11.1 Å². The molecule has 160 valence electrons. The lowest BCUT2D eigenvalue weighted by Crippen LogP contribution is -2.33. The zero-order valence-corrected chi connectivity index (χ0v) is 18.3. The van der Waals surface area contributed by atoms with Gasteiger partial charge in [-0.05, 0) is 52.2 Å². The number of nitrogens with zero attached hydrogens (tertiary/aromatic N) is 1. The van der Waals surface area contributed by atoms with E-state index in [1.54, 1.807) is 0 Å². The second-order valence-electron chi connectivity index (χ2n) is 7.62. The van der Waals surface area contributed by atoms with Crippen LogP contribution in [0.2, 0.25) is 0 Å². The van der Waals surface area contributed by atoms with Crippen molar-refractivity contribution in [1.29, 1.82) is 0 Å². The molecule has 2 aliphatic rings. The molecule has 0 aromatic heterocycles. The van der Waals surface area contributed by atoms with Gasteiger partial charge in [0.25, 0.3) is 5.91 Å². The van der Waals surface area contributed by atoms with Crippen LogP contribution < -0.4 is 10.6 Å². The Labute approximate surface area is 191 Å². The molecule has 2 fully saturated rings. The highest BCUT2D eigenvalue weighted by Gasteiger charge is 2.24. The molecular formula is C26H23N3O2S. The van der Waals surface area contributed by atoms with Crippen LogP contribution in [0.5, 0.6) is 0 Å². The van der Waals surface area contributed by atoms with Crippen LogP contribution in [0.3, 0.4) is 0 Å². The summed E-state index contributed by atoms with van der Waals surface area (Å²) in [5.74, 6) is -0.126. The van der Waals surface area contributed by atoms with Crippen LogP contribution in [0, 0.1) is 0 Å². The summed E-state index contributed by atoms with van der Waals surface area (Å²) in [5.41, 5.74) is 5.23. The van der Waals surface area contributed by atoms with E-state index in [9.17, 15) is 4.79 Å². The van der Waals surface area contributed by atoms with Gasteiger partial charge in [-0.15, -0.1) is 0 Å². The Balaban J connectivity index is 1.27. The molecule has 2 heterocycles. The fraction of sp³-hybridized carbons (Fsp3) is 0.154. The standard InChI is InChI=1S/C26H23N3O2S/c30-25-24(16-18-6-8-20(9-7-18)19-4-2-1-3-5-19)32-26(29-25)28-22-12-10-21(11-13-22)23-17-27-14-15-31-23/h1-13,16,23,27H,14-15,17H2,(H,28,29,30)/b24-16+. The zero-order chi connectivity index (χ0) is 21.8. The number of amidine groups is 1. The Morgan fingerprint density at radius 2 is 1.69 bits per heavy atom. The summed E-state index contributed by atoms with van der Waals surface area (Å²) < 4.78 is 5.79. The largest absolute Gasteiger partial charge is 0.371 e. The van der Waals surface area contributed by atoms with Crippen molar-refractivity contribution in [1.82, 2.24) is 10.6 Å². The third kappa shape index (κ3) is 4.83. The third-order valence-electron chi connectivity index (χ3n) is 5.39. The predicted octanol–water partition coefficient (Wildman–Crippen LogP) is 4.91. The SMILES string of the molecule is O=C1NC(=Nc2ccc(C3CNCCO3)cc2)S/C1=C/c1ccc(-c2ccccc2)cc1. The van der Waals surface area contributed by atoms with Crippen molar-refractivity contribution in [3.05, 3.63) is 94.9 Å². The number of nitrogens with one attached hydrogen (secondary N) is 2. The number of carbonyl (C=O) groups is 1. The van der Waals surface area contributed by atoms with Gasteiger partial charge in [-0.1, -0.05) is 66.7 Å². The molecule has 0 saturated carbocycles. The van der Waals surface area contributed by atoms with E-state index in [4.69, 9.17) is 4.74 Å². The monoisotopic (exact) mass is 441 g/mol. The topological polar surface area (TPSA) is 62.7 Å². The molecule has 32 heavy (non-hydrogen) atoms. The minimum absolute atomic E-state index is 0.0776. The minimum Gasteiger partial charge on any atom is -0.371 e. The van der Waals surface area contributed by atoms with Crippen LogP contribution in [0.15, 0.2) is 88.8 Å². The first-order valence-corrected chi connectivity index (χ1v) is 11.4. The molecule has 2 aliphatic heterocycles. The van der Waals surface area contributed by atoms with E-state index < -0.39 is 0 Å². The smallest absolute Gasteiger partial charge is 0.264 e. The van der Waals surface area contributed by atoms with Gasteiger partial charge < -0.3 is 15.4 Å². The molecule has 1 amide bonds. The van der Waals surface area contributed by atoms with Crippen LogP contribution >= 0.6 is 11.8 Å². The van der Waals surface area contributed by atoms with Crippen molar-refractivity contribution in [2.45, 2.75) is 6.10 Å². The van der Waals surface area contributed by atoms with Gasteiger partial charge in [0.1, 0.15) is 0 Å². The van der Waals surface area contributed by atoms with Gasteiger partial charge in [-0.25, -0.2) is 4.99 Å².